The van der Waals surface area contributed by atoms with Crippen molar-refractivity contribution in [1.29, 1.82) is 0 Å². The third-order valence-corrected chi connectivity index (χ3v) is 3.01. The number of carbonyl (C=O) groups excluding carboxylic acids is 2. The molecule has 0 aromatic heterocycles. The van der Waals surface area contributed by atoms with E-state index in [0.717, 1.165) is 5.56 Å². The summed E-state index contributed by atoms with van der Waals surface area (Å²) in [5.74, 6) is -0.490. The van der Waals surface area contributed by atoms with E-state index in [1.54, 1.807) is 19.1 Å². The van der Waals surface area contributed by atoms with Crippen LogP contribution in [0.25, 0.3) is 0 Å². The van der Waals surface area contributed by atoms with Crippen LogP contribution in [-0.2, 0) is 9.59 Å². The Morgan fingerprint density at radius 3 is 2.38 bits per heavy atom. The highest BCUT2D eigenvalue weighted by Gasteiger charge is 2.26. The van der Waals surface area contributed by atoms with E-state index in [9.17, 15) is 14.0 Å². The number of aryl methyl sites for hydroxylation is 1. The van der Waals surface area contributed by atoms with E-state index < -0.39 is 0 Å². The van der Waals surface area contributed by atoms with Crippen LogP contribution in [0.3, 0.4) is 0 Å². The number of carbonyl (C=O) groups is 2. The average molecular weight is 220 g/mol. The minimum atomic E-state index is -0.275. The first kappa shape index (κ1) is 11.0. The van der Waals surface area contributed by atoms with Gasteiger partial charge in [-0.05, 0) is 30.0 Å². The van der Waals surface area contributed by atoms with Crippen LogP contribution >= 0.6 is 0 Å². The molecule has 1 aromatic carbocycles. The number of Topliss-reactive ketones (excluding diaryl/α,β-unsaturated/α-hetero) is 2. The maximum absolute atomic E-state index is 13.4. The molecule has 1 saturated carbocycles. The van der Waals surface area contributed by atoms with Gasteiger partial charge in [0.1, 0.15) is 17.4 Å². The zero-order chi connectivity index (χ0) is 11.7. The van der Waals surface area contributed by atoms with Crippen molar-refractivity contribution in [2.24, 2.45) is 0 Å². The van der Waals surface area contributed by atoms with Crippen molar-refractivity contribution in [3.05, 3.63) is 35.1 Å². The summed E-state index contributed by atoms with van der Waals surface area (Å²) < 4.78 is 13.4. The topological polar surface area (TPSA) is 34.1 Å². The van der Waals surface area contributed by atoms with Crippen molar-refractivity contribution < 1.29 is 14.0 Å². The van der Waals surface area contributed by atoms with E-state index in [-0.39, 0.29) is 29.7 Å². The minimum Gasteiger partial charge on any atom is -0.299 e. The van der Waals surface area contributed by atoms with Crippen LogP contribution in [0.5, 0.6) is 0 Å². The monoisotopic (exact) mass is 220 g/mol. The molecule has 1 fully saturated rings. The number of rotatable bonds is 1. The summed E-state index contributed by atoms with van der Waals surface area (Å²) in [5.41, 5.74) is 1.33. The molecule has 0 heterocycles. The summed E-state index contributed by atoms with van der Waals surface area (Å²) >= 11 is 0. The third-order valence-electron chi connectivity index (χ3n) is 3.01. The second-order valence-corrected chi connectivity index (χ2v) is 4.37. The van der Waals surface area contributed by atoms with Gasteiger partial charge in [-0.1, -0.05) is 12.1 Å². The Hall–Kier alpha value is -1.51. The van der Waals surface area contributed by atoms with Gasteiger partial charge in [-0.15, -0.1) is 0 Å². The lowest BCUT2D eigenvalue weighted by atomic mass is 9.82. The molecule has 1 aromatic rings. The zero-order valence-corrected chi connectivity index (χ0v) is 9.13. The molecule has 3 heteroatoms. The van der Waals surface area contributed by atoms with Crippen LogP contribution in [0.2, 0.25) is 0 Å². The Morgan fingerprint density at radius 1 is 1.19 bits per heavy atom. The van der Waals surface area contributed by atoms with Crippen molar-refractivity contribution in [3.8, 4) is 0 Å². The molecule has 0 N–H and O–H groups in total. The normalized spacial score (nSPS) is 17.9. The number of ketones is 2. The van der Waals surface area contributed by atoms with Gasteiger partial charge in [0.15, 0.2) is 0 Å². The molecule has 0 radical (unpaired) electrons. The molecule has 16 heavy (non-hydrogen) atoms. The van der Waals surface area contributed by atoms with Gasteiger partial charge in [0, 0.05) is 12.8 Å². The van der Waals surface area contributed by atoms with Gasteiger partial charge in [0.05, 0.1) is 6.42 Å². The van der Waals surface area contributed by atoms with Crippen molar-refractivity contribution in [2.75, 3.05) is 0 Å². The van der Waals surface area contributed by atoms with E-state index in [1.807, 2.05) is 0 Å². The SMILES string of the molecule is Cc1ccc(C2CC(=O)CC(=O)C2)cc1F. The molecular formula is C13H13FO2. The summed E-state index contributed by atoms with van der Waals surface area (Å²) in [6.07, 6.45) is 0.757. The summed E-state index contributed by atoms with van der Waals surface area (Å²) in [5, 5.41) is 0. The first-order valence-electron chi connectivity index (χ1n) is 5.35. The Labute approximate surface area is 93.5 Å². The Kier molecular flexibility index (Phi) is 2.86. The van der Waals surface area contributed by atoms with Crippen LogP contribution in [-0.4, -0.2) is 11.6 Å². The fourth-order valence-electron chi connectivity index (χ4n) is 2.08. The molecule has 0 bridgehead atoms. The quantitative estimate of drug-likeness (QED) is 0.681. The summed E-state index contributed by atoms with van der Waals surface area (Å²) in [6.45, 7) is 1.69. The zero-order valence-electron chi connectivity index (χ0n) is 9.13. The van der Waals surface area contributed by atoms with Crippen LogP contribution in [0.4, 0.5) is 4.39 Å². The van der Waals surface area contributed by atoms with E-state index in [2.05, 4.69) is 0 Å². The predicted molar refractivity (Wildman–Crippen MR) is 57.7 cm³/mol. The number of halogens is 1. The van der Waals surface area contributed by atoms with E-state index in [0.29, 0.717) is 18.4 Å². The highest BCUT2D eigenvalue weighted by Crippen LogP contribution is 2.30. The van der Waals surface area contributed by atoms with Gasteiger partial charge in [-0.3, -0.25) is 9.59 Å². The first-order valence-corrected chi connectivity index (χ1v) is 5.35. The fraction of sp³-hybridized carbons (Fsp3) is 0.385. The highest BCUT2D eigenvalue weighted by molar-refractivity contribution is 6.02. The molecule has 0 spiro atoms. The van der Waals surface area contributed by atoms with Gasteiger partial charge in [-0.2, -0.15) is 0 Å². The lowest BCUT2D eigenvalue weighted by Crippen LogP contribution is -2.21. The molecule has 0 aliphatic heterocycles. The van der Waals surface area contributed by atoms with E-state index in [1.165, 1.54) is 6.07 Å². The summed E-state index contributed by atoms with van der Waals surface area (Å²) in [6, 6.07) is 4.93. The van der Waals surface area contributed by atoms with Crippen LogP contribution < -0.4 is 0 Å². The van der Waals surface area contributed by atoms with Crippen molar-refractivity contribution in [2.45, 2.75) is 32.1 Å². The fourth-order valence-corrected chi connectivity index (χ4v) is 2.08. The molecule has 0 saturated heterocycles. The number of benzene rings is 1. The van der Waals surface area contributed by atoms with Crippen LogP contribution in [0.1, 0.15) is 36.3 Å². The van der Waals surface area contributed by atoms with Gasteiger partial charge in [0.2, 0.25) is 0 Å². The van der Waals surface area contributed by atoms with Crippen LogP contribution in [0, 0.1) is 12.7 Å². The third kappa shape index (κ3) is 2.18. The maximum atomic E-state index is 13.4. The average Bonchev–Trinajstić information content (AvgIpc) is 2.20. The first-order chi connectivity index (χ1) is 7.56. The second kappa shape index (κ2) is 4.16. The number of hydrogen-bond donors (Lipinski definition) is 0. The predicted octanol–water partition coefficient (Wildman–Crippen LogP) is 2.54. The van der Waals surface area contributed by atoms with Crippen molar-refractivity contribution in [3.63, 3.8) is 0 Å². The highest BCUT2D eigenvalue weighted by atomic mass is 19.1. The molecule has 0 unspecified atom stereocenters. The molecule has 1 aliphatic carbocycles. The molecule has 2 rings (SSSR count). The largest absolute Gasteiger partial charge is 0.299 e. The molecular weight excluding hydrogens is 207 g/mol. The standard InChI is InChI=1S/C13H13FO2/c1-8-2-3-9(6-13(8)14)10-4-11(15)7-12(16)5-10/h2-3,6,10H,4-5,7H2,1H3. The lowest BCUT2D eigenvalue weighted by Gasteiger charge is -2.20. The Morgan fingerprint density at radius 2 is 1.81 bits per heavy atom. The lowest BCUT2D eigenvalue weighted by molar-refractivity contribution is -0.130. The summed E-state index contributed by atoms with van der Waals surface area (Å²) in [7, 11) is 0. The maximum Gasteiger partial charge on any atom is 0.140 e. The van der Waals surface area contributed by atoms with E-state index in [4.69, 9.17) is 0 Å². The van der Waals surface area contributed by atoms with Crippen molar-refractivity contribution >= 4 is 11.6 Å². The molecule has 2 nitrogen and oxygen atoms in total. The van der Waals surface area contributed by atoms with Gasteiger partial charge < -0.3 is 0 Å². The Bertz CT molecular complexity index is 435. The Balaban J connectivity index is 2.26. The van der Waals surface area contributed by atoms with Gasteiger partial charge >= 0.3 is 0 Å². The summed E-state index contributed by atoms with van der Waals surface area (Å²) in [4.78, 5) is 22.6. The number of hydrogen-bond acceptors (Lipinski definition) is 2. The van der Waals surface area contributed by atoms with Crippen molar-refractivity contribution in [1.82, 2.24) is 0 Å². The molecule has 84 valence electrons. The van der Waals surface area contributed by atoms with Gasteiger partial charge in [-0.25, -0.2) is 4.39 Å². The molecule has 0 atom stereocenters. The van der Waals surface area contributed by atoms with Gasteiger partial charge in [0.25, 0.3) is 0 Å². The molecule has 1 aliphatic rings. The van der Waals surface area contributed by atoms with E-state index >= 15 is 0 Å². The smallest absolute Gasteiger partial charge is 0.140 e. The minimum absolute atomic E-state index is 0.0396. The molecule has 0 amide bonds. The second-order valence-electron chi connectivity index (χ2n) is 4.37. The van der Waals surface area contributed by atoms with Crippen LogP contribution in [0.15, 0.2) is 18.2 Å².